The Balaban J connectivity index is 2.28. The van der Waals surface area contributed by atoms with Crippen LogP contribution in [0.1, 0.15) is 16.8 Å². The Morgan fingerprint density at radius 1 is 1.52 bits per heavy atom. The van der Waals surface area contributed by atoms with E-state index < -0.39 is 11.9 Å². The van der Waals surface area contributed by atoms with Crippen molar-refractivity contribution in [2.24, 2.45) is 0 Å². The van der Waals surface area contributed by atoms with Gasteiger partial charge in [0.2, 0.25) is 0 Å². The van der Waals surface area contributed by atoms with Crippen molar-refractivity contribution in [3.05, 3.63) is 29.6 Å². The molecule has 0 saturated carbocycles. The van der Waals surface area contributed by atoms with Crippen LogP contribution in [0.5, 0.6) is 0 Å². The summed E-state index contributed by atoms with van der Waals surface area (Å²) in [6, 6.07) is 4.39. The van der Waals surface area contributed by atoms with Crippen molar-refractivity contribution < 1.29 is 14.3 Å². The molecule has 1 heterocycles. The lowest BCUT2D eigenvalue weighted by Gasteiger charge is -2.27. The maximum atomic E-state index is 13.8. The topological polar surface area (TPSA) is 55.8 Å². The van der Waals surface area contributed by atoms with Crippen LogP contribution >= 0.6 is 0 Å². The van der Waals surface area contributed by atoms with Crippen LogP contribution in [0.15, 0.2) is 18.2 Å². The Kier molecular flexibility index (Phi) is 4.80. The minimum Gasteiger partial charge on any atom is -0.391 e. The molecule has 1 amide bonds. The van der Waals surface area contributed by atoms with Gasteiger partial charge in [-0.3, -0.25) is 4.79 Å². The minimum atomic E-state index is -0.523. The molecule has 2 N–H and O–H groups in total. The first kappa shape index (κ1) is 15.7. The first-order valence-electron chi connectivity index (χ1n) is 7.04. The highest BCUT2D eigenvalue weighted by atomic mass is 19.1. The monoisotopic (exact) mass is 295 g/mol. The number of likely N-dealkylation sites (N-methyl/N-ethyl adjacent to an activating group) is 1. The Bertz CT molecular complexity index is 522. The average Bonchev–Trinajstić information content (AvgIpc) is 2.77. The lowest BCUT2D eigenvalue weighted by atomic mass is 10.1. The molecule has 2 rings (SSSR count). The Morgan fingerprint density at radius 2 is 2.24 bits per heavy atom. The van der Waals surface area contributed by atoms with Crippen LogP contribution in [0.4, 0.5) is 10.1 Å². The number of aliphatic hydroxyl groups excluding tert-OH is 1. The number of rotatable bonds is 4. The van der Waals surface area contributed by atoms with E-state index >= 15 is 0 Å². The number of likely N-dealkylation sites (tertiary alicyclic amines) is 1. The number of nitrogens with one attached hydrogen (secondary N) is 1. The number of hydrogen-bond acceptors (Lipinski definition) is 4. The Labute approximate surface area is 124 Å². The van der Waals surface area contributed by atoms with Gasteiger partial charge in [-0.15, -0.1) is 0 Å². The van der Waals surface area contributed by atoms with Crippen LogP contribution in [0.25, 0.3) is 0 Å². The molecule has 2 unspecified atom stereocenters. The third-order valence-electron chi connectivity index (χ3n) is 3.72. The highest BCUT2D eigenvalue weighted by Gasteiger charge is 2.35. The number of anilines is 1. The predicted octanol–water partition coefficient (Wildman–Crippen LogP) is 1.00. The van der Waals surface area contributed by atoms with Crippen LogP contribution in [-0.2, 0) is 0 Å². The molecule has 21 heavy (non-hydrogen) atoms. The van der Waals surface area contributed by atoms with Gasteiger partial charge in [0.05, 0.1) is 17.4 Å². The maximum absolute atomic E-state index is 13.8. The number of benzene rings is 1. The fourth-order valence-electron chi connectivity index (χ4n) is 2.85. The second-order valence-corrected chi connectivity index (χ2v) is 5.68. The van der Waals surface area contributed by atoms with Gasteiger partial charge in [-0.2, -0.15) is 0 Å². The average molecular weight is 295 g/mol. The van der Waals surface area contributed by atoms with Crippen molar-refractivity contribution >= 4 is 11.6 Å². The van der Waals surface area contributed by atoms with Crippen molar-refractivity contribution in [1.29, 1.82) is 0 Å². The van der Waals surface area contributed by atoms with Gasteiger partial charge in [0.15, 0.2) is 0 Å². The van der Waals surface area contributed by atoms with Crippen molar-refractivity contribution in [3.63, 3.8) is 0 Å². The third kappa shape index (κ3) is 3.33. The summed E-state index contributed by atoms with van der Waals surface area (Å²) in [7, 11) is 5.44. The van der Waals surface area contributed by atoms with Crippen molar-refractivity contribution in [3.8, 4) is 0 Å². The SMILES string of the molecule is CNc1c(F)cccc1C(=O)N1CC(O)CC1CN(C)C. The predicted molar refractivity (Wildman–Crippen MR) is 79.9 cm³/mol. The molecule has 0 aromatic heterocycles. The summed E-state index contributed by atoms with van der Waals surface area (Å²) >= 11 is 0. The number of carbonyl (C=O) groups excluding carboxylic acids is 1. The molecule has 0 aliphatic carbocycles. The van der Waals surface area contributed by atoms with Gasteiger partial charge >= 0.3 is 0 Å². The quantitative estimate of drug-likeness (QED) is 0.870. The lowest BCUT2D eigenvalue weighted by Crippen LogP contribution is -2.41. The molecule has 0 radical (unpaired) electrons. The van der Waals surface area contributed by atoms with Gasteiger partial charge in [-0.1, -0.05) is 6.07 Å². The standard InChI is InChI=1S/C15H22FN3O2/c1-17-14-12(5-4-6-13(14)16)15(21)19-9-11(20)7-10(19)8-18(2)3/h4-6,10-11,17,20H,7-9H2,1-3H3. The molecule has 6 heteroatoms. The molecule has 2 atom stereocenters. The van der Waals surface area contributed by atoms with Crippen LogP contribution in [0, 0.1) is 5.82 Å². The summed E-state index contributed by atoms with van der Waals surface area (Å²) in [5.74, 6) is -0.700. The summed E-state index contributed by atoms with van der Waals surface area (Å²) in [5.41, 5.74) is 0.503. The number of para-hydroxylation sites is 1. The zero-order chi connectivity index (χ0) is 15.6. The minimum absolute atomic E-state index is 0.0597. The van der Waals surface area contributed by atoms with Gasteiger partial charge in [-0.25, -0.2) is 4.39 Å². The lowest BCUT2D eigenvalue weighted by molar-refractivity contribution is 0.0699. The molecule has 1 aromatic carbocycles. The first-order chi connectivity index (χ1) is 9.93. The summed E-state index contributed by atoms with van der Waals surface area (Å²) in [5, 5.41) is 12.6. The van der Waals surface area contributed by atoms with Crippen LogP contribution in [0.2, 0.25) is 0 Å². The van der Waals surface area contributed by atoms with Crippen LogP contribution in [-0.4, -0.2) is 67.2 Å². The second-order valence-electron chi connectivity index (χ2n) is 5.68. The van der Waals surface area contributed by atoms with E-state index in [0.717, 1.165) is 0 Å². The largest absolute Gasteiger partial charge is 0.391 e. The molecule has 0 bridgehead atoms. The van der Waals surface area contributed by atoms with Gasteiger partial charge in [-0.05, 0) is 32.6 Å². The van der Waals surface area contributed by atoms with Gasteiger partial charge < -0.3 is 20.2 Å². The Hall–Kier alpha value is -1.66. The van der Waals surface area contributed by atoms with Crippen LogP contribution in [0.3, 0.4) is 0 Å². The zero-order valence-electron chi connectivity index (χ0n) is 12.6. The summed E-state index contributed by atoms with van der Waals surface area (Å²) in [6.45, 7) is 0.962. The fraction of sp³-hybridized carbons (Fsp3) is 0.533. The second kappa shape index (κ2) is 6.41. The molecule has 116 valence electrons. The number of nitrogens with zero attached hydrogens (tertiary/aromatic N) is 2. The van der Waals surface area contributed by atoms with Crippen molar-refractivity contribution in [2.45, 2.75) is 18.6 Å². The zero-order valence-corrected chi connectivity index (χ0v) is 12.6. The number of aliphatic hydroxyl groups is 1. The highest BCUT2D eigenvalue weighted by Crippen LogP contribution is 2.26. The van der Waals surface area contributed by atoms with Gasteiger partial charge in [0.1, 0.15) is 5.82 Å². The van der Waals surface area contributed by atoms with Gasteiger partial charge in [0, 0.05) is 26.2 Å². The van der Waals surface area contributed by atoms with E-state index in [2.05, 4.69) is 5.32 Å². The van der Waals surface area contributed by atoms with Crippen LogP contribution < -0.4 is 5.32 Å². The molecular formula is C15H22FN3O2. The third-order valence-corrected chi connectivity index (χ3v) is 3.72. The molecule has 0 spiro atoms. The van der Waals surface area contributed by atoms with E-state index in [9.17, 15) is 14.3 Å². The molecule has 1 aliphatic heterocycles. The van der Waals surface area contributed by atoms with Gasteiger partial charge in [0.25, 0.3) is 5.91 Å². The van der Waals surface area contributed by atoms with Crippen molar-refractivity contribution in [1.82, 2.24) is 9.80 Å². The number of carbonyl (C=O) groups is 1. The normalized spacial score (nSPS) is 21.9. The highest BCUT2D eigenvalue weighted by molar-refractivity contribution is 6.00. The van der Waals surface area contributed by atoms with Crippen molar-refractivity contribution in [2.75, 3.05) is 39.5 Å². The van der Waals surface area contributed by atoms with E-state index in [1.165, 1.54) is 12.1 Å². The number of halogens is 1. The molecule has 1 fully saturated rings. The summed E-state index contributed by atoms with van der Waals surface area (Å²) < 4.78 is 13.8. The summed E-state index contributed by atoms with van der Waals surface area (Å²) in [6.07, 6.45) is 0.0270. The maximum Gasteiger partial charge on any atom is 0.256 e. The molecule has 5 nitrogen and oxygen atoms in total. The van der Waals surface area contributed by atoms with E-state index in [1.54, 1.807) is 18.0 Å². The molecule has 1 saturated heterocycles. The summed E-state index contributed by atoms with van der Waals surface area (Å²) in [4.78, 5) is 16.3. The number of hydrogen-bond donors (Lipinski definition) is 2. The van der Waals surface area contributed by atoms with E-state index in [-0.39, 0.29) is 24.2 Å². The Morgan fingerprint density at radius 3 is 2.86 bits per heavy atom. The number of β-amino-alcohol motifs (C(OH)–C–C–N with tert-alkyl or cyclic N) is 1. The van der Waals surface area contributed by atoms with E-state index in [4.69, 9.17) is 0 Å². The van der Waals surface area contributed by atoms with E-state index in [1.807, 2.05) is 19.0 Å². The molecular weight excluding hydrogens is 273 g/mol. The molecule has 1 aromatic rings. The molecule has 1 aliphatic rings. The van der Waals surface area contributed by atoms with E-state index in [0.29, 0.717) is 18.5 Å². The number of amides is 1. The first-order valence-corrected chi connectivity index (χ1v) is 7.04. The fourth-order valence-corrected chi connectivity index (χ4v) is 2.85. The smallest absolute Gasteiger partial charge is 0.256 e.